The van der Waals surface area contributed by atoms with Crippen LogP contribution < -0.4 is 0 Å². The van der Waals surface area contributed by atoms with Gasteiger partial charge in [0.15, 0.2) is 0 Å². The first-order chi connectivity index (χ1) is 13.9. The van der Waals surface area contributed by atoms with Gasteiger partial charge in [0.05, 0.1) is 11.4 Å². The minimum atomic E-state index is -3.77. The van der Waals surface area contributed by atoms with Gasteiger partial charge in [-0.05, 0) is 62.3 Å². The molecule has 1 saturated heterocycles. The molecule has 2 aromatic carbocycles. The van der Waals surface area contributed by atoms with Gasteiger partial charge < -0.3 is 4.90 Å². The lowest BCUT2D eigenvalue weighted by atomic mass is 10.1. The highest BCUT2D eigenvalue weighted by atomic mass is 32.2. The average Bonchev–Trinajstić information content (AvgIpc) is 2.73. The fourth-order valence-corrected chi connectivity index (χ4v) is 5.40. The first-order valence-corrected chi connectivity index (χ1v) is 11.7. The van der Waals surface area contributed by atoms with Crippen molar-refractivity contribution in [3.8, 4) is 0 Å². The van der Waals surface area contributed by atoms with Gasteiger partial charge >= 0.3 is 0 Å². The number of piperidine rings is 1. The minimum absolute atomic E-state index is 0.105. The van der Waals surface area contributed by atoms with Crippen molar-refractivity contribution in [2.24, 2.45) is 0 Å². The Labute approximate surface area is 174 Å². The van der Waals surface area contributed by atoms with Crippen LogP contribution >= 0.6 is 0 Å². The van der Waals surface area contributed by atoms with E-state index in [1.807, 2.05) is 49.4 Å². The molecule has 156 valence electrons. The van der Waals surface area contributed by atoms with Crippen LogP contribution in [0.5, 0.6) is 0 Å². The number of hydrogen-bond acceptors (Lipinski definition) is 3. The molecule has 6 heteroatoms. The summed E-state index contributed by atoms with van der Waals surface area (Å²) in [4.78, 5) is 15.0. The van der Waals surface area contributed by atoms with E-state index in [-0.39, 0.29) is 23.9 Å². The maximum Gasteiger partial charge on any atom is 0.243 e. The molecule has 1 heterocycles. The molecule has 1 aliphatic heterocycles. The van der Waals surface area contributed by atoms with E-state index in [9.17, 15) is 13.2 Å². The Morgan fingerprint density at radius 2 is 1.69 bits per heavy atom. The third-order valence-corrected chi connectivity index (χ3v) is 7.46. The molecular formula is C23H30N2O3S. The largest absolute Gasteiger partial charge is 0.342 e. The summed E-state index contributed by atoms with van der Waals surface area (Å²) in [6.45, 7) is 5.28. The van der Waals surface area contributed by atoms with E-state index in [1.165, 1.54) is 4.31 Å². The smallest absolute Gasteiger partial charge is 0.243 e. The van der Waals surface area contributed by atoms with Gasteiger partial charge in [-0.25, -0.2) is 8.42 Å². The summed E-state index contributed by atoms with van der Waals surface area (Å²) >= 11 is 0. The van der Waals surface area contributed by atoms with Crippen molar-refractivity contribution in [1.29, 1.82) is 0 Å². The summed E-state index contributed by atoms with van der Waals surface area (Å²) in [5, 5.41) is 0. The zero-order valence-electron chi connectivity index (χ0n) is 17.3. The van der Waals surface area contributed by atoms with Crippen molar-refractivity contribution in [2.45, 2.75) is 44.4 Å². The van der Waals surface area contributed by atoms with Crippen molar-refractivity contribution in [2.75, 3.05) is 26.2 Å². The number of amides is 1. The maximum atomic E-state index is 13.5. The van der Waals surface area contributed by atoms with Crippen LogP contribution in [0.2, 0.25) is 0 Å². The molecule has 1 amide bonds. The van der Waals surface area contributed by atoms with Gasteiger partial charge in [0.1, 0.15) is 0 Å². The number of carbonyl (C=O) groups excluding carboxylic acids is 1. The Balaban J connectivity index is 1.86. The Kier molecular flexibility index (Phi) is 7.09. The van der Waals surface area contributed by atoms with Crippen LogP contribution in [0.1, 0.15) is 36.0 Å². The molecule has 0 aliphatic carbocycles. The van der Waals surface area contributed by atoms with Crippen molar-refractivity contribution in [3.05, 3.63) is 65.2 Å². The lowest BCUT2D eigenvalue weighted by Crippen LogP contribution is -2.45. The monoisotopic (exact) mass is 414 g/mol. The highest BCUT2D eigenvalue weighted by Gasteiger charge is 2.30. The summed E-state index contributed by atoms with van der Waals surface area (Å²) in [6.07, 6.45) is 3.67. The van der Waals surface area contributed by atoms with E-state index in [2.05, 4.69) is 0 Å². The average molecular weight is 415 g/mol. The van der Waals surface area contributed by atoms with Crippen molar-refractivity contribution in [1.82, 2.24) is 9.21 Å². The summed E-state index contributed by atoms with van der Waals surface area (Å²) in [5.74, 6) is -0.105. The molecule has 1 aliphatic rings. The second-order valence-electron chi connectivity index (χ2n) is 7.78. The lowest BCUT2D eigenvalue weighted by Gasteiger charge is -2.30. The minimum Gasteiger partial charge on any atom is -0.342 e. The molecule has 0 bridgehead atoms. The number of benzene rings is 2. The topological polar surface area (TPSA) is 57.7 Å². The normalized spacial score (nSPS) is 14.9. The standard InChI is InChI=1S/C23H30N2O3S/c1-19-11-12-20(2)22(17-19)29(27,28)25(16-13-21-9-5-3-6-10-21)18-23(26)24-14-7-4-8-15-24/h3,5-6,9-12,17H,4,7-8,13-16,18H2,1-2H3. The van der Waals surface area contributed by atoms with E-state index >= 15 is 0 Å². The van der Waals surface area contributed by atoms with E-state index in [1.54, 1.807) is 17.9 Å². The Bertz CT molecular complexity index is 936. The molecule has 0 spiro atoms. The molecule has 0 radical (unpaired) electrons. The Morgan fingerprint density at radius 3 is 2.38 bits per heavy atom. The fourth-order valence-electron chi connectivity index (χ4n) is 3.70. The van der Waals surface area contributed by atoms with Gasteiger partial charge in [-0.15, -0.1) is 0 Å². The van der Waals surface area contributed by atoms with Crippen LogP contribution in [0.4, 0.5) is 0 Å². The summed E-state index contributed by atoms with van der Waals surface area (Å²) in [5.41, 5.74) is 2.64. The second kappa shape index (κ2) is 9.55. The highest BCUT2D eigenvalue weighted by Crippen LogP contribution is 2.22. The molecular weight excluding hydrogens is 384 g/mol. The van der Waals surface area contributed by atoms with Crippen LogP contribution in [0.3, 0.4) is 0 Å². The molecule has 0 atom stereocenters. The molecule has 1 fully saturated rings. The fraction of sp³-hybridized carbons (Fsp3) is 0.435. The predicted octanol–water partition coefficient (Wildman–Crippen LogP) is 3.55. The first-order valence-electron chi connectivity index (χ1n) is 10.3. The molecule has 0 N–H and O–H groups in total. The van der Waals surface area contributed by atoms with Gasteiger partial charge in [-0.3, -0.25) is 4.79 Å². The third-order valence-electron chi connectivity index (χ3n) is 5.47. The highest BCUT2D eigenvalue weighted by molar-refractivity contribution is 7.89. The number of likely N-dealkylation sites (tertiary alicyclic amines) is 1. The third kappa shape index (κ3) is 5.46. The van der Waals surface area contributed by atoms with Crippen molar-refractivity contribution < 1.29 is 13.2 Å². The number of rotatable bonds is 7. The van der Waals surface area contributed by atoms with E-state index in [0.717, 1.165) is 43.5 Å². The van der Waals surface area contributed by atoms with E-state index in [0.29, 0.717) is 12.0 Å². The van der Waals surface area contributed by atoms with Crippen LogP contribution in [-0.4, -0.2) is 49.7 Å². The number of sulfonamides is 1. The van der Waals surface area contributed by atoms with E-state index < -0.39 is 10.0 Å². The van der Waals surface area contributed by atoms with Gasteiger partial charge in [-0.1, -0.05) is 42.5 Å². The van der Waals surface area contributed by atoms with Crippen molar-refractivity contribution in [3.63, 3.8) is 0 Å². The molecule has 2 aromatic rings. The van der Waals surface area contributed by atoms with Gasteiger partial charge in [0, 0.05) is 19.6 Å². The van der Waals surface area contributed by atoms with Crippen LogP contribution in [-0.2, 0) is 21.2 Å². The summed E-state index contributed by atoms with van der Waals surface area (Å²) < 4.78 is 28.4. The second-order valence-corrected chi connectivity index (χ2v) is 9.69. The Hall–Kier alpha value is -2.18. The number of nitrogens with zero attached hydrogens (tertiary/aromatic N) is 2. The molecule has 5 nitrogen and oxygen atoms in total. The van der Waals surface area contributed by atoms with Gasteiger partial charge in [0.25, 0.3) is 0 Å². The first kappa shape index (κ1) is 21.5. The summed E-state index contributed by atoms with van der Waals surface area (Å²) in [7, 11) is -3.77. The number of carbonyl (C=O) groups is 1. The van der Waals surface area contributed by atoms with Crippen LogP contribution in [0.15, 0.2) is 53.4 Å². The SMILES string of the molecule is Cc1ccc(C)c(S(=O)(=O)N(CCc2ccccc2)CC(=O)N2CCCCC2)c1. The number of aryl methyl sites for hydroxylation is 2. The molecule has 29 heavy (non-hydrogen) atoms. The summed E-state index contributed by atoms with van der Waals surface area (Å²) in [6, 6.07) is 15.2. The number of hydrogen-bond donors (Lipinski definition) is 0. The molecule has 3 rings (SSSR count). The van der Waals surface area contributed by atoms with E-state index in [4.69, 9.17) is 0 Å². The zero-order valence-corrected chi connectivity index (χ0v) is 18.1. The van der Waals surface area contributed by atoms with Crippen molar-refractivity contribution >= 4 is 15.9 Å². The van der Waals surface area contributed by atoms with Gasteiger partial charge in [-0.2, -0.15) is 4.31 Å². The Morgan fingerprint density at radius 1 is 1.00 bits per heavy atom. The predicted molar refractivity (Wildman–Crippen MR) is 115 cm³/mol. The van der Waals surface area contributed by atoms with Crippen LogP contribution in [0, 0.1) is 13.8 Å². The maximum absolute atomic E-state index is 13.5. The van der Waals surface area contributed by atoms with Crippen LogP contribution in [0.25, 0.3) is 0 Å². The lowest BCUT2D eigenvalue weighted by molar-refractivity contribution is -0.132. The molecule has 0 aromatic heterocycles. The quantitative estimate of drug-likeness (QED) is 0.696. The molecule has 0 saturated carbocycles. The molecule has 0 unspecified atom stereocenters. The van der Waals surface area contributed by atoms with Gasteiger partial charge in [0.2, 0.25) is 15.9 Å². The zero-order chi connectivity index (χ0) is 20.9.